The van der Waals surface area contributed by atoms with Gasteiger partial charge >= 0.3 is 6.03 Å². The van der Waals surface area contributed by atoms with Gasteiger partial charge in [0, 0.05) is 5.69 Å². The summed E-state index contributed by atoms with van der Waals surface area (Å²) in [6.45, 7) is 0. The molecule has 3 rings (SSSR count). The van der Waals surface area contributed by atoms with E-state index in [9.17, 15) is 4.79 Å². The highest BCUT2D eigenvalue weighted by molar-refractivity contribution is 6.30. The highest BCUT2D eigenvalue weighted by Gasteiger charge is 2.11. The number of halogens is 1. The van der Waals surface area contributed by atoms with E-state index < -0.39 is 6.03 Å². The van der Waals surface area contributed by atoms with Crippen LogP contribution in [0.15, 0.2) is 48.5 Å². The number of anilines is 2. The first-order valence-electron chi connectivity index (χ1n) is 5.87. The Hall–Kier alpha value is -2.60. The van der Waals surface area contributed by atoms with Crippen molar-refractivity contribution in [2.24, 2.45) is 0 Å². The Balaban J connectivity index is 1.81. The molecule has 7 heteroatoms. The van der Waals surface area contributed by atoms with E-state index in [0.29, 0.717) is 16.5 Å². The zero-order valence-electron chi connectivity index (χ0n) is 10.2. The molecule has 6 nitrogen and oxygen atoms in total. The Bertz CT molecular complexity index is 756. The van der Waals surface area contributed by atoms with Crippen molar-refractivity contribution >= 4 is 34.9 Å². The number of hydrogen-bond acceptors (Lipinski definition) is 3. The number of nitrogens with one attached hydrogen (secondary N) is 2. The van der Waals surface area contributed by atoms with Crippen molar-refractivity contribution in [3.63, 3.8) is 0 Å². The van der Waals surface area contributed by atoms with E-state index in [4.69, 9.17) is 11.6 Å². The minimum atomic E-state index is -0.412. The molecule has 0 radical (unpaired) electrons. The Morgan fingerprint density at radius 2 is 1.80 bits per heavy atom. The largest absolute Gasteiger partial charge is 0.326 e. The number of rotatable bonds is 2. The predicted octanol–water partition coefficient (Wildman–Crippen LogP) is 3.03. The molecular formula is C13H10ClN5O. The molecule has 2 N–H and O–H groups in total. The molecule has 2 heterocycles. The van der Waals surface area contributed by atoms with Gasteiger partial charge in [-0.1, -0.05) is 35.9 Å². The van der Waals surface area contributed by atoms with Gasteiger partial charge in [0.05, 0.1) is 0 Å². The number of fused-ring (bicyclic) bond motifs is 1. The number of aromatic nitrogens is 3. The molecule has 0 fully saturated rings. The molecule has 0 unspecified atom stereocenters. The van der Waals surface area contributed by atoms with E-state index in [1.54, 1.807) is 34.7 Å². The van der Waals surface area contributed by atoms with Crippen LogP contribution in [-0.2, 0) is 0 Å². The Morgan fingerprint density at radius 1 is 1.00 bits per heavy atom. The van der Waals surface area contributed by atoms with Crippen molar-refractivity contribution in [3.05, 3.63) is 53.7 Å². The summed E-state index contributed by atoms with van der Waals surface area (Å²) in [7, 11) is 0. The van der Waals surface area contributed by atoms with Crippen molar-refractivity contribution < 1.29 is 4.79 Å². The highest BCUT2D eigenvalue weighted by atomic mass is 35.5. The molecule has 20 heavy (non-hydrogen) atoms. The fourth-order valence-electron chi connectivity index (χ4n) is 1.77. The standard InChI is InChI=1S/C13H10ClN5O/c14-10-7-4-8-11-17-18-12(19(10)11)16-13(20)15-9-5-2-1-3-6-9/h1-8H,(H2,15,16,18,20). The Kier molecular flexibility index (Phi) is 3.22. The highest BCUT2D eigenvalue weighted by Crippen LogP contribution is 2.16. The number of amides is 2. The van der Waals surface area contributed by atoms with Gasteiger partial charge < -0.3 is 5.32 Å². The third-order valence-corrected chi connectivity index (χ3v) is 2.93. The SMILES string of the molecule is O=C(Nc1ccccc1)Nc1nnc2cccc(Cl)n12. The number of carbonyl (C=O) groups is 1. The van der Waals surface area contributed by atoms with Crippen LogP contribution >= 0.6 is 11.6 Å². The molecule has 0 aliphatic carbocycles. The van der Waals surface area contributed by atoms with Crippen molar-refractivity contribution in [1.82, 2.24) is 14.6 Å². The molecule has 0 aliphatic heterocycles. The molecule has 0 aliphatic rings. The van der Waals surface area contributed by atoms with Crippen LogP contribution < -0.4 is 10.6 Å². The summed E-state index contributed by atoms with van der Waals surface area (Å²) in [5, 5.41) is 13.5. The second kappa shape index (κ2) is 5.18. The molecule has 2 aromatic heterocycles. The number of carbonyl (C=O) groups excluding carboxylic acids is 1. The summed E-state index contributed by atoms with van der Waals surface area (Å²) in [6.07, 6.45) is 0. The average molecular weight is 288 g/mol. The smallest absolute Gasteiger partial charge is 0.308 e. The summed E-state index contributed by atoms with van der Waals surface area (Å²) < 4.78 is 1.55. The second-order valence-corrected chi connectivity index (χ2v) is 4.40. The fourth-order valence-corrected chi connectivity index (χ4v) is 2.01. The van der Waals surface area contributed by atoms with Crippen molar-refractivity contribution in [1.29, 1.82) is 0 Å². The third-order valence-electron chi connectivity index (χ3n) is 2.64. The van der Waals surface area contributed by atoms with Crippen LogP contribution in [0.25, 0.3) is 5.65 Å². The minimum Gasteiger partial charge on any atom is -0.308 e. The number of nitrogens with zero attached hydrogens (tertiary/aromatic N) is 3. The first kappa shape index (κ1) is 12.4. The van der Waals surface area contributed by atoms with E-state index in [1.165, 1.54) is 0 Å². The first-order valence-corrected chi connectivity index (χ1v) is 6.24. The van der Waals surface area contributed by atoms with Gasteiger partial charge in [-0.25, -0.2) is 4.79 Å². The topological polar surface area (TPSA) is 71.3 Å². The molecule has 0 saturated heterocycles. The normalized spacial score (nSPS) is 10.4. The number of benzene rings is 1. The Labute approximate surface area is 119 Å². The van der Waals surface area contributed by atoms with Gasteiger partial charge in [0.1, 0.15) is 5.15 Å². The molecule has 1 aromatic carbocycles. The van der Waals surface area contributed by atoms with Crippen molar-refractivity contribution in [2.75, 3.05) is 10.6 Å². The third kappa shape index (κ3) is 2.41. The van der Waals surface area contributed by atoms with Crippen molar-refractivity contribution in [3.8, 4) is 0 Å². The average Bonchev–Trinajstić information content (AvgIpc) is 2.84. The van der Waals surface area contributed by atoms with Gasteiger partial charge in [-0.3, -0.25) is 9.72 Å². The maximum Gasteiger partial charge on any atom is 0.326 e. The molecule has 0 saturated carbocycles. The zero-order chi connectivity index (χ0) is 13.9. The first-order chi connectivity index (χ1) is 9.74. The van der Waals surface area contributed by atoms with Gasteiger partial charge in [0.15, 0.2) is 5.65 Å². The van der Waals surface area contributed by atoms with Crippen LogP contribution in [0.5, 0.6) is 0 Å². The molecular weight excluding hydrogens is 278 g/mol. The van der Waals surface area contributed by atoms with Crippen molar-refractivity contribution in [2.45, 2.75) is 0 Å². The van der Waals surface area contributed by atoms with Gasteiger partial charge in [0.25, 0.3) is 0 Å². The maximum absolute atomic E-state index is 11.9. The molecule has 2 amide bonds. The molecule has 100 valence electrons. The van der Waals surface area contributed by atoms with Crippen LogP contribution in [0, 0.1) is 0 Å². The van der Waals surface area contributed by atoms with E-state index >= 15 is 0 Å². The minimum absolute atomic E-state index is 0.263. The van der Waals surface area contributed by atoms with Crippen LogP contribution in [0.3, 0.4) is 0 Å². The van der Waals surface area contributed by atoms with Crippen LogP contribution in [0.4, 0.5) is 16.4 Å². The van der Waals surface area contributed by atoms with Crippen LogP contribution in [-0.4, -0.2) is 20.6 Å². The summed E-state index contributed by atoms with van der Waals surface area (Å²) in [6, 6.07) is 13.9. The van der Waals surface area contributed by atoms with Gasteiger partial charge in [-0.05, 0) is 24.3 Å². The summed E-state index contributed by atoms with van der Waals surface area (Å²) >= 11 is 6.06. The fraction of sp³-hybridized carbons (Fsp3) is 0. The predicted molar refractivity (Wildman–Crippen MR) is 77.1 cm³/mol. The second-order valence-electron chi connectivity index (χ2n) is 4.01. The lowest BCUT2D eigenvalue weighted by Crippen LogP contribution is -2.21. The van der Waals surface area contributed by atoms with E-state index in [1.807, 2.05) is 18.2 Å². The lowest BCUT2D eigenvalue weighted by Gasteiger charge is -2.06. The number of hydrogen-bond donors (Lipinski definition) is 2. The lowest BCUT2D eigenvalue weighted by atomic mass is 10.3. The summed E-state index contributed by atoms with van der Waals surface area (Å²) in [5.41, 5.74) is 1.25. The van der Waals surface area contributed by atoms with E-state index in [-0.39, 0.29) is 5.95 Å². The summed E-state index contributed by atoms with van der Waals surface area (Å²) in [4.78, 5) is 11.9. The van der Waals surface area contributed by atoms with E-state index in [0.717, 1.165) is 0 Å². The van der Waals surface area contributed by atoms with E-state index in [2.05, 4.69) is 20.8 Å². The number of pyridine rings is 1. The van der Waals surface area contributed by atoms with Gasteiger partial charge in [-0.2, -0.15) is 0 Å². The number of para-hydroxylation sites is 1. The monoisotopic (exact) mass is 287 g/mol. The number of urea groups is 1. The molecule has 3 aromatic rings. The quantitative estimate of drug-likeness (QED) is 0.712. The van der Waals surface area contributed by atoms with Crippen LogP contribution in [0.1, 0.15) is 0 Å². The van der Waals surface area contributed by atoms with Gasteiger partial charge in [-0.15, -0.1) is 10.2 Å². The zero-order valence-corrected chi connectivity index (χ0v) is 11.0. The molecule has 0 bridgehead atoms. The Morgan fingerprint density at radius 3 is 2.60 bits per heavy atom. The molecule has 0 spiro atoms. The molecule has 0 atom stereocenters. The van der Waals surface area contributed by atoms with Gasteiger partial charge in [0.2, 0.25) is 5.95 Å². The van der Waals surface area contributed by atoms with Crippen LogP contribution in [0.2, 0.25) is 5.15 Å². The maximum atomic E-state index is 11.9. The summed E-state index contributed by atoms with van der Waals surface area (Å²) in [5.74, 6) is 0.263. The lowest BCUT2D eigenvalue weighted by molar-refractivity contribution is 0.262.